The first-order chi connectivity index (χ1) is 6.27. The van der Waals surface area contributed by atoms with Crippen LogP contribution in [0.15, 0.2) is 36.4 Å². The summed E-state index contributed by atoms with van der Waals surface area (Å²) < 4.78 is 0. The number of rotatable bonds is 1. The first kappa shape index (κ1) is 8.60. The third kappa shape index (κ3) is 1.69. The topological polar surface area (TPSA) is 26.0 Å². The van der Waals surface area contributed by atoms with Gasteiger partial charge in [0.1, 0.15) is 0 Å². The molecule has 0 amide bonds. The molecule has 0 unspecified atom stereocenters. The summed E-state index contributed by atoms with van der Waals surface area (Å²) >= 11 is 7.58. The molecule has 0 aliphatic heterocycles. The van der Waals surface area contributed by atoms with Gasteiger partial charge in [-0.2, -0.15) is 0 Å². The predicted molar refractivity (Wildman–Crippen MR) is 59.2 cm³/mol. The predicted octanol–water partition coefficient (Wildman–Crippen LogP) is 3.65. The molecule has 0 bridgehead atoms. The number of benzene rings is 1. The Hall–Kier alpha value is -0.990. The van der Waals surface area contributed by atoms with Crippen LogP contribution in [0.1, 0.15) is 0 Å². The lowest BCUT2D eigenvalue weighted by Gasteiger charge is -1.98. The fourth-order valence-electron chi connectivity index (χ4n) is 1.16. The van der Waals surface area contributed by atoms with Crippen LogP contribution in [0.3, 0.4) is 0 Å². The zero-order valence-electron chi connectivity index (χ0n) is 6.83. The number of hydrogen-bond acceptors (Lipinski definition) is 2. The zero-order chi connectivity index (χ0) is 9.26. The molecule has 2 aromatic rings. The second-order valence-electron chi connectivity index (χ2n) is 2.68. The largest absolute Gasteiger partial charge is 0.391 e. The van der Waals surface area contributed by atoms with Gasteiger partial charge in [0.05, 0.1) is 5.00 Å². The molecule has 66 valence electrons. The van der Waals surface area contributed by atoms with Crippen molar-refractivity contribution in [1.82, 2.24) is 0 Å². The molecular formula is C10H8ClNS. The fourth-order valence-corrected chi connectivity index (χ4v) is 2.27. The molecule has 1 aromatic carbocycles. The fraction of sp³-hybridized carbons (Fsp3) is 0. The van der Waals surface area contributed by atoms with Gasteiger partial charge in [0, 0.05) is 15.5 Å². The van der Waals surface area contributed by atoms with Crippen LogP contribution in [-0.2, 0) is 0 Å². The van der Waals surface area contributed by atoms with Crippen LogP contribution in [0.2, 0.25) is 5.02 Å². The number of thiophene rings is 1. The second kappa shape index (κ2) is 3.40. The molecule has 1 heterocycles. The van der Waals surface area contributed by atoms with E-state index in [0.717, 1.165) is 20.5 Å². The molecule has 0 atom stereocenters. The minimum Gasteiger partial charge on any atom is -0.391 e. The van der Waals surface area contributed by atoms with Crippen molar-refractivity contribution in [3.63, 3.8) is 0 Å². The molecule has 1 aromatic heterocycles. The Morgan fingerprint density at radius 1 is 1.08 bits per heavy atom. The molecule has 0 aliphatic carbocycles. The lowest BCUT2D eigenvalue weighted by Crippen LogP contribution is -1.74. The molecule has 0 saturated heterocycles. The van der Waals surface area contributed by atoms with Crippen molar-refractivity contribution in [3.8, 4) is 10.4 Å². The smallest absolute Gasteiger partial charge is 0.0862 e. The number of hydrogen-bond donors (Lipinski definition) is 1. The van der Waals surface area contributed by atoms with Crippen molar-refractivity contribution in [1.29, 1.82) is 0 Å². The van der Waals surface area contributed by atoms with Crippen molar-refractivity contribution in [2.45, 2.75) is 0 Å². The number of nitrogen functional groups attached to an aromatic ring is 1. The van der Waals surface area contributed by atoms with Gasteiger partial charge < -0.3 is 5.73 Å². The highest BCUT2D eigenvalue weighted by atomic mass is 35.5. The highest BCUT2D eigenvalue weighted by molar-refractivity contribution is 7.19. The van der Waals surface area contributed by atoms with E-state index in [9.17, 15) is 0 Å². The van der Waals surface area contributed by atoms with E-state index in [-0.39, 0.29) is 0 Å². The Labute approximate surface area is 85.8 Å². The summed E-state index contributed by atoms with van der Waals surface area (Å²) in [7, 11) is 0. The molecule has 0 aliphatic rings. The van der Waals surface area contributed by atoms with Gasteiger partial charge >= 0.3 is 0 Å². The summed E-state index contributed by atoms with van der Waals surface area (Å²) in [5, 5.41) is 1.58. The van der Waals surface area contributed by atoms with Crippen LogP contribution < -0.4 is 5.73 Å². The SMILES string of the molecule is Nc1ccc(-c2ccccc2Cl)s1. The van der Waals surface area contributed by atoms with Crippen molar-refractivity contribution in [2.24, 2.45) is 0 Å². The second-order valence-corrected chi connectivity index (χ2v) is 4.20. The summed E-state index contributed by atoms with van der Waals surface area (Å²) in [5.74, 6) is 0. The van der Waals surface area contributed by atoms with Crippen LogP contribution in [0, 0.1) is 0 Å². The van der Waals surface area contributed by atoms with Crippen LogP contribution in [0.25, 0.3) is 10.4 Å². The molecule has 0 saturated carbocycles. The maximum Gasteiger partial charge on any atom is 0.0862 e. The molecule has 2 rings (SSSR count). The third-order valence-electron chi connectivity index (χ3n) is 1.77. The van der Waals surface area contributed by atoms with Crippen molar-refractivity contribution in [2.75, 3.05) is 5.73 Å². The maximum absolute atomic E-state index is 6.03. The maximum atomic E-state index is 6.03. The van der Waals surface area contributed by atoms with Crippen LogP contribution >= 0.6 is 22.9 Å². The van der Waals surface area contributed by atoms with Crippen LogP contribution in [0.5, 0.6) is 0 Å². The van der Waals surface area contributed by atoms with E-state index in [0.29, 0.717) is 0 Å². The number of nitrogens with two attached hydrogens (primary N) is 1. The minimum atomic E-state index is 0.768. The zero-order valence-corrected chi connectivity index (χ0v) is 8.40. The monoisotopic (exact) mass is 209 g/mol. The molecule has 0 fully saturated rings. The van der Waals surface area contributed by atoms with Crippen LogP contribution in [0.4, 0.5) is 5.00 Å². The van der Waals surface area contributed by atoms with Crippen molar-refractivity contribution < 1.29 is 0 Å². The van der Waals surface area contributed by atoms with E-state index in [4.69, 9.17) is 17.3 Å². The molecule has 3 heteroatoms. The molecule has 0 radical (unpaired) electrons. The number of halogens is 1. The van der Waals surface area contributed by atoms with Gasteiger partial charge in [0.2, 0.25) is 0 Å². The lowest BCUT2D eigenvalue weighted by molar-refractivity contribution is 1.70. The Kier molecular flexibility index (Phi) is 2.25. The highest BCUT2D eigenvalue weighted by Gasteiger charge is 2.03. The number of anilines is 1. The normalized spacial score (nSPS) is 10.2. The molecular weight excluding hydrogens is 202 g/mol. The van der Waals surface area contributed by atoms with E-state index in [1.807, 2.05) is 36.4 Å². The Morgan fingerprint density at radius 3 is 2.46 bits per heavy atom. The van der Waals surface area contributed by atoms with Gasteiger partial charge in [-0.15, -0.1) is 11.3 Å². The Bertz CT molecular complexity index is 422. The standard InChI is InChI=1S/C10H8ClNS/c11-8-4-2-1-3-7(8)9-5-6-10(12)13-9/h1-6H,12H2. The molecule has 0 spiro atoms. The van der Waals surface area contributed by atoms with E-state index >= 15 is 0 Å². The summed E-state index contributed by atoms with van der Waals surface area (Å²) in [5.41, 5.74) is 6.69. The van der Waals surface area contributed by atoms with E-state index in [1.165, 1.54) is 0 Å². The first-order valence-corrected chi connectivity index (χ1v) is 5.07. The summed E-state index contributed by atoms with van der Waals surface area (Å²) in [6.45, 7) is 0. The first-order valence-electron chi connectivity index (χ1n) is 3.87. The quantitative estimate of drug-likeness (QED) is 0.763. The van der Waals surface area contributed by atoms with Crippen molar-refractivity contribution >= 4 is 27.9 Å². The molecule has 13 heavy (non-hydrogen) atoms. The summed E-state index contributed by atoms with van der Waals surface area (Å²) in [6.07, 6.45) is 0. The lowest BCUT2D eigenvalue weighted by atomic mass is 10.2. The Balaban J connectivity index is 2.52. The molecule has 1 nitrogen and oxygen atoms in total. The van der Waals surface area contributed by atoms with Crippen LogP contribution in [-0.4, -0.2) is 0 Å². The van der Waals surface area contributed by atoms with Gasteiger partial charge in [-0.05, 0) is 18.2 Å². The van der Waals surface area contributed by atoms with Gasteiger partial charge in [0.15, 0.2) is 0 Å². The average molecular weight is 210 g/mol. The summed E-state index contributed by atoms with van der Waals surface area (Å²) in [4.78, 5) is 1.11. The van der Waals surface area contributed by atoms with Crippen molar-refractivity contribution in [3.05, 3.63) is 41.4 Å². The Morgan fingerprint density at radius 2 is 1.85 bits per heavy atom. The summed E-state index contributed by atoms with van der Waals surface area (Å²) in [6, 6.07) is 11.6. The van der Waals surface area contributed by atoms with E-state index in [2.05, 4.69) is 0 Å². The van der Waals surface area contributed by atoms with Gasteiger partial charge in [-0.1, -0.05) is 29.8 Å². The third-order valence-corrected chi connectivity index (χ3v) is 3.04. The van der Waals surface area contributed by atoms with Gasteiger partial charge in [-0.3, -0.25) is 0 Å². The minimum absolute atomic E-state index is 0.768. The highest BCUT2D eigenvalue weighted by Crippen LogP contribution is 2.33. The van der Waals surface area contributed by atoms with E-state index in [1.54, 1.807) is 11.3 Å². The van der Waals surface area contributed by atoms with Gasteiger partial charge in [0.25, 0.3) is 0 Å². The van der Waals surface area contributed by atoms with E-state index < -0.39 is 0 Å². The van der Waals surface area contributed by atoms with Gasteiger partial charge in [-0.25, -0.2) is 0 Å². The molecule has 2 N–H and O–H groups in total. The average Bonchev–Trinajstić information content (AvgIpc) is 2.53.